The third kappa shape index (κ3) is 3.98. The van der Waals surface area contributed by atoms with Gasteiger partial charge in [-0.3, -0.25) is 0 Å². The van der Waals surface area contributed by atoms with Gasteiger partial charge in [-0.1, -0.05) is 18.2 Å². The molecule has 3 nitrogen and oxygen atoms in total. The molecular formula is C15H18F2N2OS. The topological polar surface area (TPSA) is 34.2 Å². The van der Waals surface area contributed by atoms with Crippen molar-refractivity contribution in [2.45, 2.75) is 32.9 Å². The standard InChI is InChI=1S/C15H18F2N2OS/c1-9-10(2)21-14(19-9)8-12(18-3)11-6-4-5-7-13(11)20-15(16)17/h4-7,12,15,18H,8H2,1-3H3. The first-order chi connectivity index (χ1) is 10.0. The number of rotatable bonds is 6. The van der Waals surface area contributed by atoms with Crippen LogP contribution in [0.5, 0.6) is 5.75 Å². The Hall–Kier alpha value is -1.53. The normalized spacial score (nSPS) is 12.7. The molecule has 6 heteroatoms. The molecule has 1 unspecified atom stereocenters. The van der Waals surface area contributed by atoms with E-state index >= 15 is 0 Å². The Morgan fingerprint density at radius 2 is 2.00 bits per heavy atom. The van der Waals surface area contributed by atoms with Crippen LogP contribution < -0.4 is 10.1 Å². The Morgan fingerprint density at radius 3 is 2.57 bits per heavy atom. The average Bonchev–Trinajstić information content (AvgIpc) is 2.75. The van der Waals surface area contributed by atoms with Gasteiger partial charge in [-0.05, 0) is 27.0 Å². The Bertz CT molecular complexity index is 582. The lowest BCUT2D eigenvalue weighted by Gasteiger charge is -2.19. The van der Waals surface area contributed by atoms with Crippen LogP contribution in [-0.2, 0) is 6.42 Å². The number of thiazole rings is 1. The van der Waals surface area contributed by atoms with Gasteiger partial charge in [0.2, 0.25) is 0 Å². The minimum Gasteiger partial charge on any atom is -0.434 e. The number of ether oxygens (including phenoxy) is 1. The zero-order chi connectivity index (χ0) is 15.4. The number of nitrogens with zero attached hydrogens (tertiary/aromatic N) is 1. The van der Waals surface area contributed by atoms with E-state index in [4.69, 9.17) is 0 Å². The maximum atomic E-state index is 12.5. The predicted molar refractivity (Wildman–Crippen MR) is 80.2 cm³/mol. The molecule has 1 aromatic heterocycles. The minimum atomic E-state index is -2.83. The van der Waals surface area contributed by atoms with Crippen LogP contribution in [0.2, 0.25) is 0 Å². The highest BCUT2D eigenvalue weighted by molar-refractivity contribution is 7.11. The molecule has 0 saturated carbocycles. The molecule has 1 atom stereocenters. The number of hydrogen-bond donors (Lipinski definition) is 1. The van der Waals surface area contributed by atoms with E-state index in [2.05, 4.69) is 15.0 Å². The lowest BCUT2D eigenvalue weighted by Crippen LogP contribution is -2.20. The molecule has 0 fully saturated rings. The molecule has 1 aromatic carbocycles. The van der Waals surface area contributed by atoms with Crippen molar-refractivity contribution >= 4 is 11.3 Å². The van der Waals surface area contributed by atoms with Crippen molar-refractivity contribution in [3.8, 4) is 5.75 Å². The third-order valence-electron chi connectivity index (χ3n) is 3.31. The number of para-hydroxylation sites is 1. The number of alkyl halides is 2. The van der Waals surface area contributed by atoms with Gasteiger partial charge in [0.05, 0.1) is 10.7 Å². The van der Waals surface area contributed by atoms with Gasteiger partial charge < -0.3 is 10.1 Å². The molecule has 2 aromatic rings. The van der Waals surface area contributed by atoms with E-state index in [1.807, 2.05) is 19.9 Å². The number of aromatic nitrogens is 1. The first-order valence-electron chi connectivity index (χ1n) is 6.65. The number of halogens is 2. The smallest absolute Gasteiger partial charge is 0.387 e. The molecule has 0 amide bonds. The van der Waals surface area contributed by atoms with Crippen molar-refractivity contribution in [2.75, 3.05) is 7.05 Å². The van der Waals surface area contributed by atoms with E-state index in [0.29, 0.717) is 12.0 Å². The molecule has 0 aliphatic heterocycles. The summed E-state index contributed by atoms with van der Waals surface area (Å²) in [6.07, 6.45) is 0.638. The van der Waals surface area contributed by atoms with Crippen molar-refractivity contribution in [1.82, 2.24) is 10.3 Å². The molecule has 1 N–H and O–H groups in total. The fourth-order valence-electron chi connectivity index (χ4n) is 2.14. The maximum absolute atomic E-state index is 12.5. The predicted octanol–water partition coefficient (Wildman–Crippen LogP) is 3.86. The molecule has 0 saturated heterocycles. The fourth-order valence-corrected chi connectivity index (χ4v) is 3.12. The summed E-state index contributed by atoms with van der Waals surface area (Å²) in [5, 5.41) is 4.13. The molecule has 0 aliphatic rings. The summed E-state index contributed by atoms with van der Waals surface area (Å²) >= 11 is 1.63. The van der Waals surface area contributed by atoms with Crippen molar-refractivity contribution < 1.29 is 13.5 Å². The lowest BCUT2D eigenvalue weighted by molar-refractivity contribution is -0.0507. The number of likely N-dealkylation sites (N-methyl/N-ethyl adjacent to an activating group) is 1. The van der Waals surface area contributed by atoms with Crippen LogP contribution in [0, 0.1) is 13.8 Å². The first-order valence-corrected chi connectivity index (χ1v) is 7.46. The van der Waals surface area contributed by atoms with Crippen LogP contribution >= 0.6 is 11.3 Å². The largest absolute Gasteiger partial charge is 0.434 e. The molecule has 21 heavy (non-hydrogen) atoms. The molecule has 0 radical (unpaired) electrons. The molecular weight excluding hydrogens is 294 g/mol. The Balaban J connectivity index is 2.24. The molecule has 2 rings (SSSR count). The lowest BCUT2D eigenvalue weighted by atomic mass is 10.0. The fraction of sp³-hybridized carbons (Fsp3) is 0.400. The molecule has 1 heterocycles. The van der Waals surface area contributed by atoms with Gasteiger partial charge in [-0.15, -0.1) is 11.3 Å². The summed E-state index contributed by atoms with van der Waals surface area (Å²) in [6, 6.07) is 6.74. The number of nitrogens with one attached hydrogen (secondary N) is 1. The second kappa shape index (κ2) is 6.95. The van der Waals surface area contributed by atoms with Gasteiger partial charge >= 0.3 is 6.61 Å². The van der Waals surface area contributed by atoms with Crippen LogP contribution in [0.1, 0.15) is 27.2 Å². The quantitative estimate of drug-likeness (QED) is 0.879. The summed E-state index contributed by atoms with van der Waals surface area (Å²) in [6.45, 7) is 1.17. The zero-order valence-electron chi connectivity index (χ0n) is 12.2. The monoisotopic (exact) mass is 312 g/mol. The second-order valence-electron chi connectivity index (χ2n) is 4.71. The van der Waals surface area contributed by atoms with Gasteiger partial charge in [-0.2, -0.15) is 8.78 Å². The van der Waals surface area contributed by atoms with Crippen molar-refractivity contribution in [1.29, 1.82) is 0 Å². The maximum Gasteiger partial charge on any atom is 0.387 e. The molecule has 0 bridgehead atoms. The highest BCUT2D eigenvalue weighted by atomic mass is 32.1. The average molecular weight is 312 g/mol. The Kier molecular flexibility index (Phi) is 5.25. The highest BCUT2D eigenvalue weighted by Gasteiger charge is 2.19. The Labute approximate surface area is 127 Å². The summed E-state index contributed by atoms with van der Waals surface area (Å²) in [4.78, 5) is 5.68. The van der Waals surface area contributed by atoms with Crippen molar-refractivity contribution in [3.63, 3.8) is 0 Å². The highest BCUT2D eigenvalue weighted by Crippen LogP contribution is 2.30. The Morgan fingerprint density at radius 1 is 1.29 bits per heavy atom. The van der Waals surface area contributed by atoms with Crippen molar-refractivity contribution in [3.05, 3.63) is 45.4 Å². The van der Waals surface area contributed by atoms with Gasteiger partial charge in [0.15, 0.2) is 0 Å². The van der Waals surface area contributed by atoms with Crippen molar-refractivity contribution in [2.24, 2.45) is 0 Å². The number of aryl methyl sites for hydroxylation is 2. The zero-order valence-corrected chi connectivity index (χ0v) is 13.0. The molecule has 0 spiro atoms. The van der Waals surface area contributed by atoms with Crippen LogP contribution in [0.3, 0.4) is 0 Å². The van der Waals surface area contributed by atoms with Crippen LogP contribution in [0.25, 0.3) is 0 Å². The van der Waals surface area contributed by atoms with Gasteiger partial charge in [0.25, 0.3) is 0 Å². The van der Waals surface area contributed by atoms with E-state index in [0.717, 1.165) is 10.7 Å². The molecule has 0 aliphatic carbocycles. The molecule has 114 valence electrons. The third-order valence-corrected chi connectivity index (χ3v) is 4.41. The van der Waals surface area contributed by atoms with Crippen LogP contribution in [0.15, 0.2) is 24.3 Å². The van der Waals surface area contributed by atoms with Crippen LogP contribution in [-0.4, -0.2) is 18.6 Å². The second-order valence-corrected chi connectivity index (χ2v) is 6.00. The van der Waals surface area contributed by atoms with Gasteiger partial charge in [0.1, 0.15) is 5.75 Å². The SMILES string of the molecule is CNC(Cc1nc(C)c(C)s1)c1ccccc1OC(F)F. The van der Waals surface area contributed by atoms with E-state index < -0.39 is 6.61 Å². The first kappa shape index (κ1) is 15.9. The summed E-state index contributed by atoms with van der Waals surface area (Å²) in [7, 11) is 1.80. The minimum absolute atomic E-state index is 0.120. The van der Waals surface area contributed by atoms with Gasteiger partial charge in [-0.25, -0.2) is 4.98 Å². The van der Waals surface area contributed by atoms with E-state index in [-0.39, 0.29) is 11.8 Å². The van der Waals surface area contributed by atoms with Gasteiger partial charge in [0, 0.05) is 22.9 Å². The van der Waals surface area contributed by atoms with Crippen LogP contribution in [0.4, 0.5) is 8.78 Å². The summed E-state index contributed by atoms with van der Waals surface area (Å²) in [5.41, 5.74) is 1.73. The van der Waals surface area contributed by atoms with E-state index in [9.17, 15) is 8.78 Å². The van der Waals surface area contributed by atoms with E-state index in [1.54, 1.807) is 36.6 Å². The van der Waals surface area contributed by atoms with E-state index in [1.165, 1.54) is 4.88 Å². The summed E-state index contributed by atoms with van der Waals surface area (Å²) < 4.78 is 29.6. The number of hydrogen-bond acceptors (Lipinski definition) is 4. The summed E-state index contributed by atoms with van der Waals surface area (Å²) in [5.74, 6) is 0.205. The number of benzene rings is 1.